The van der Waals surface area contributed by atoms with E-state index in [1.807, 2.05) is 73.3 Å². The molecule has 8 rings (SSSR count). The molecule has 3 fully saturated rings. The van der Waals surface area contributed by atoms with Gasteiger partial charge >= 0.3 is 0 Å². The Balaban J connectivity index is 1.06. The van der Waals surface area contributed by atoms with Gasteiger partial charge in [0.1, 0.15) is 11.5 Å². The number of nitrogens with zero attached hydrogens (tertiary/aromatic N) is 5. The second kappa shape index (κ2) is 13.6. The van der Waals surface area contributed by atoms with Gasteiger partial charge < -0.3 is 24.6 Å². The molecule has 3 saturated heterocycles. The number of carbonyl (C=O) groups excluding carboxylic acids is 1. The van der Waals surface area contributed by atoms with Crippen LogP contribution < -0.4 is 19.5 Å². The smallest absolute Gasteiger partial charge is 0.220 e. The quantitative estimate of drug-likeness (QED) is 0.170. The van der Waals surface area contributed by atoms with E-state index in [1.165, 1.54) is 0 Å². The number of halogens is 1. The van der Waals surface area contributed by atoms with Gasteiger partial charge in [-0.1, -0.05) is 48.0 Å². The third-order valence-electron chi connectivity index (χ3n) is 11.2. The summed E-state index contributed by atoms with van der Waals surface area (Å²) >= 11 is 7.22. The van der Waals surface area contributed by atoms with Crippen LogP contribution in [0.2, 0.25) is 5.02 Å². The number of methoxy groups -OCH3 is 3. The number of carbonyl (C=O) groups is 1. The fourth-order valence-corrected chi connectivity index (χ4v) is 8.52. The number of hydrogen-bond acceptors (Lipinski definition) is 9. The van der Waals surface area contributed by atoms with Crippen LogP contribution in [0, 0.1) is 11.3 Å². The molecule has 1 amide bonds. The molecule has 3 aliphatic rings. The molecular weight excluding hydrogens is 692 g/mol. The number of rotatable bonds is 11. The number of fused-ring (bicyclic) bond motifs is 1. The molecule has 276 valence electrons. The molecule has 2 N–H and O–H groups in total. The summed E-state index contributed by atoms with van der Waals surface area (Å²) in [7, 11) is 4.98. The van der Waals surface area contributed by atoms with Crippen molar-refractivity contribution in [3.8, 4) is 45.5 Å². The Labute approximate surface area is 314 Å². The molecule has 0 saturated carbocycles. The van der Waals surface area contributed by atoms with Crippen molar-refractivity contribution >= 4 is 28.4 Å². The van der Waals surface area contributed by atoms with E-state index < -0.39 is 5.60 Å². The molecule has 1 spiro atoms. The molecule has 5 heterocycles. The van der Waals surface area contributed by atoms with Crippen molar-refractivity contribution in [3.63, 3.8) is 0 Å². The van der Waals surface area contributed by atoms with Crippen LogP contribution in [-0.2, 0) is 17.9 Å². The maximum absolute atomic E-state index is 11.8. The van der Waals surface area contributed by atoms with Gasteiger partial charge in [0.2, 0.25) is 11.8 Å². The fourth-order valence-electron chi connectivity index (χ4n) is 8.19. The topological polar surface area (TPSA) is 114 Å². The molecular formula is C41H45ClN6O5. The second-order valence-corrected chi connectivity index (χ2v) is 15.7. The number of pyridine rings is 1. The van der Waals surface area contributed by atoms with Crippen LogP contribution in [0.3, 0.4) is 0 Å². The number of likely N-dealkylation sites (tertiary alicyclic amines) is 2. The molecule has 2 aromatic heterocycles. The van der Waals surface area contributed by atoms with E-state index in [9.17, 15) is 9.90 Å². The number of aliphatic hydroxyl groups is 1. The van der Waals surface area contributed by atoms with Gasteiger partial charge in [-0.2, -0.15) is 5.10 Å². The van der Waals surface area contributed by atoms with E-state index in [0.717, 1.165) is 82.8 Å². The van der Waals surface area contributed by atoms with Crippen LogP contribution in [-0.4, -0.2) is 95.2 Å². The zero-order valence-corrected chi connectivity index (χ0v) is 31.5. The summed E-state index contributed by atoms with van der Waals surface area (Å²) in [5, 5.41) is 19.7. The number of hydrogen-bond donors (Lipinski definition) is 2. The molecule has 12 heteroatoms. The van der Waals surface area contributed by atoms with Gasteiger partial charge in [0.15, 0.2) is 0 Å². The standard InChI is InChI=1S/C41H45ClN6O5/c1-40(2,50)26-19-46(20-26)21-32-35(51-3)14-27(15-36(32)52-4)48-34-11-7-8-28(31(34)17-44-48)29-9-6-10-30(38(29)42)33-13-12-25(39(45-33)53-5)18-47-23-41(24-47)16-37(49)43-22-41/h6-15,17,26,50H,16,18-24H2,1-5H3,(H,43,49). The van der Waals surface area contributed by atoms with Crippen LogP contribution in [0.15, 0.2) is 66.9 Å². The minimum atomic E-state index is -0.702. The number of amides is 1. The van der Waals surface area contributed by atoms with E-state index >= 15 is 0 Å². The highest BCUT2D eigenvalue weighted by Gasteiger charge is 2.48. The van der Waals surface area contributed by atoms with E-state index in [1.54, 1.807) is 21.3 Å². The third kappa shape index (κ3) is 6.50. The molecule has 3 aromatic carbocycles. The summed E-state index contributed by atoms with van der Waals surface area (Å²) in [5.74, 6) is 2.37. The van der Waals surface area contributed by atoms with Crippen molar-refractivity contribution in [3.05, 3.63) is 83.0 Å². The summed E-state index contributed by atoms with van der Waals surface area (Å²) in [6.45, 7) is 9.22. The lowest BCUT2D eigenvalue weighted by atomic mass is 9.79. The zero-order valence-electron chi connectivity index (χ0n) is 30.8. The molecule has 11 nitrogen and oxygen atoms in total. The highest BCUT2D eigenvalue weighted by molar-refractivity contribution is 6.36. The van der Waals surface area contributed by atoms with Gasteiger partial charge in [-0.3, -0.25) is 14.6 Å². The molecule has 0 bridgehead atoms. The first-order valence-corrected chi connectivity index (χ1v) is 18.4. The Morgan fingerprint density at radius 1 is 0.925 bits per heavy atom. The number of benzene rings is 3. The van der Waals surface area contributed by atoms with Crippen molar-refractivity contribution < 1.29 is 24.1 Å². The van der Waals surface area contributed by atoms with Crippen LogP contribution in [0.4, 0.5) is 0 Å². The molecule has 3 aliphatic heterocycles. The Morgan fingerprint density at radius 3 is 2.28 bits per heavy atom. The van der Waals surface area contributed by atoms with Gasteiger partial charge in [-0.15, -0.1) is 0 Å². The first-order chi connectivity index (χ1) is 25.5. The van der Waals surface area contributed by atoms with E-state index in [-0.39, 0.29) is 17.2 Å². The van der Waals surface area contributed by atoms with Crippen LogP contribution in [0.25, 0.3) is 39.0 Å². The highest BCUT2D eigenvalue weighted by Crippen LogP contribution is 2.42. The predicted molar refractivity (Wildman–Crippen MR) is 205 cm³/mol. The minimum Gasteiger partial charge on any atom is -0.496 e. The average Bonchev–Trinajstić information content (AvgIpc) is 3.73. The molecule has 0 aliphatic carbocycles. The number of aromatic nitrogens is 3. The van der Waals surface area contributed by atoms with Gasteiger partial charge in [-0.25, -0.2) is 9.67 Å². The maximum Gasteiger partial charge on any atom is 0.220 e. The van der Waals surface area contributed by atoms with Gasteiger partial charge in [-0.05, 0) is 31.5 Å². The minimum absolute atomic E-state index is 0.0626. The molecule has 53 heavy (non-hydrogen) atoms. The summed E-state index contributed by atoms with van der Waals surface area (Å²) < 4.78 is 19.4. The van der Waals surface area contributed by atoms with Gasteiger partial charge in [0, 0.05) is 97.8 Å². The normalized spacial score (nSPS) is 17.5. The highest BCUT2D eigenvalue weighted by atomic mass is 35.5. The van der Waals surface area contributed by atoms with Gasteiger partial charge in [0.25, 0.3) is 0 Å². The van der Waals surface area contributed by atoms with Gasteiger partial charge in [0.05, 0.1) is 60.6 Å². The van der Waals surface area contributed by atoms with Crippen molar-refractivity contribution in [1.82, 2.24) is 29.9 Å². The van der Waals surface area contributed by atoms with Crippen molar-refractivity contribution in [2.24, 2.45) is 11.3 Å². The van der Waals surface area contributed by atoms with Crippen molar-refractivity contribution in [2.45, 2.75) is 39.0 Å². The van der Waals surface area contributed by atoms with E-state index in [2.05, 4.69) is 27.2 Å². The number of nitrogens with one attached hydrogen (secondary N) is 1. The fraction of sp³-hybridized carbons (Fsp3) is 0.390. The van der Waals surface area contributed by atoms with Crippen molar-refractivity contribution in [2.75, 3.05) is 54.1 Å². The second-order valence-electron chi connectivity index (χ2n) is 15.3. The zero-order chi connectivity index (χ0) is 37.1. The molecule has 0 unspecified atom stereocenters. The Morgan fingerprint density at radius 2 is 1.62 bits per heavy atom. The molecule has 0 radical (unpaired) electrons. The monoisotopic (exact) mass is 736 g/mol. The van der Waals surface area contributed by atoms with Crippen LogP contribution in [0.5, 0.6) is 17.4 Å². The Hall–Kier alpha value is -4.68. The predicted octanol–water partition coefficient (Wildman–Crippen LogP) is 5.96. The van der Waals surface area contributed by atoms with E-state index in [0.29, 0.717) is 41.9 Å². The maximum atomic E-state index is 11.8. The van der Waals surface area contributed by atoms with Crippen LogP contribution >= 0.6 is 11.6 Å². The van der Waals surface area contributed by atoms with Crippen molar-refractivity contribution in [1.29, 1.82) is 0 Å². The lowest BCUT2D eigenvalue weighted by Gasteiger charge is -2.47. The SMILES string of the molecule is COc1cc(-n2ncc3c(-c4cccc(-c5ccc(CN6CC7(CNC(=O)C7)C6)c(OC)n5)c4Cl)cccc32)cc(OC)c1CN1CC(C(C)(C)O)C1. The van der Waals surface area contributed by atoms with Crippen LogP contribution in [0.1, 0.15) is 31.4 Å². The summed E-state index contributed by atoms with van der Waals surface area (Å²) in [6.07, 6.45) is 2.47. The summed E-state index contributed by atoms with van der Waals surface area (Å²) in [5.41, 5.74) is 6.38. The summed E-state index contributed by atoms with van der Waals surface area (Å²) in [4.78, 5) is 21.3. The number of ether oxygens (including phenoxy) is 3. The largest absolute Gasteiger partial charge is 0.496 e. The Kier molecular flexibility index (Phi) is 9.09. The lowest BCUT2D eigenvalue weighted by molar-refractivity contribution is -0.120. The lowest BCUT2D eigenvalue weighted by Crippen LogP contribution is -2.56. The van der Waals surface area contributed by atoms with E-state index in [4.69, 9.17) is 35.9 Å². The average molecular weight is 737 g/mol. The third-order valence-corrected chi connectivity index (χ3v) is 11.6. The first kappa shape index (κ1) is 35.4. The Bertz CT molecular complexity index is 2180. The first-order valence-electron chi connectivity index (χ1n) is 18.0. The molecule has 5 aromatic rings. The summed E-state index contributed by atoms with van der Waals surface area (Å²) in [6, 6.07) is 20.1. The molecule has 0 atom stereocenters.